The number of aliphatic hydroxyl groups is 1. The van der Waals surface area contributed by atoms with Gasteiger partial charge in [0.1, 0.15) is 0 Å². The third-order valence-corrected chi connectivity index (χ3v) is 6.19. The van der Waals surface area contributed by atoms with Gasteiger partial charge < -0.3 is 15.1 Å². The van der Waals surface area contributed by atoms with E-state index in [1.54, 1.807) is 0 Å². The summed E-state index contributed by atoms with van der Waals surface area (Å²) in [5.41, 5.74) is 1.38. The van der Waals surface area contributed by atoms with E-state index in [1.165, 1.54) is 18.4 Å². The molecule has 1 aliphatic rings. The van der Waals surface area contributed by atoms with Crippen molar-refractivity contribution in [2.75, 3.05) is 6.54 Å². The van der Waals surface area contributed by atoms with Crippen molar-refractivity contribution in [2.24, 2.45) is 5.92 Å². The van der Waals surface area contributed by atoms with Crippen molar-refractivity contribution in [3.8, 4) is 0 Å². The molecule has 3 atom stereocenters. The van der Waals surface area contributed by atoms with Gasteiger partial charge in [0.15, 0.2) is 0 Å². The maximum Gasteiger partial charge on any atom is 0.303 e. The number of hydrogen-bond donors (Lipinski definition) is 2. The minimum Gasteiger partial charge on any atom is -0.481 e. The summed E-state index contributed by atoms with van der Waals surface area (Å²) >= 11 is 0. The summed E-state index contributed by atoms with van der Waals surface area (Å²) in [6.07, 6.45) is 15.6. The van der Waals surface area contributed by atoms with Gasteiger partial charge in [-0.2, -0.15) is 0 Å². The Hall–Kier alpha value is -2.40. The van der Waals surface area contributed by atoms with Gasteiger partial charge in [-0.25, -0.2) is 0 Å². The molecule has 2 N–H and O–H groups in total. The van der Waals surface area contributed by atoms with E-state index < -0.39 is 12.1 Å². The summed E-state index contributed by atoms with van der Waals surface area (Å²) in [6, 6.07) is 10.6. The standard InChI is InChI=1S/C27H39NO4/c1-22(12-6-4-7-13-23-14-8-5-9-15-23)25(29)19-17-24-18-20-26(30)28(24)21-11-3-2-10-16-27(31)32/h3,5,8-9,11,14-15,17,19,22,24-25,29H,2,4,6-7,10,12-13,16,18,20-21H2,1H3,(H,31,32)/t22-,24-,25+/m0/s1. The van der Waals surface area contributed by atoms with E-state index in [0.29, 0.717) is 25.8 Å². The summed E-state index contributed by atoms with van der Waals surface area (Å²) in [5.74, 6) is -0.447. The lowest BCUT2D eigenvalue weighted by molar-refractivity contribution is -0.137. The number of aryl methyl sites for hydroxylation is 1. The van der Waals surface area contributed by atoms with Crippen molar-refractivity contribution < 1.29 is 19.8 Å². The van der Waals surface area contributed by atoms with Crippen LogP contribution in [0.2, 0.25) is 0 Å². The molecule has 1 aromatic carbocycles. The lowest BCUT2D eigenvalue weighted by Gasteiger charge is -2.22. The Morgan fingerprint density at radius 1 is 1.16 bits per heavy atom. The number of carbonyl (C=O) groups excluding carboxylic acids is 1. The molecule has 1 amide bonds. The average molecular weight is 442 g/mol. The molecule has 0 unspecified atom stereocenters. The summed E-state index contributed by atoms with van der Waals surface area (Å²) in [6.45, 7) is 2.62. The van der Waals surface area contributed by atoms with Gasteiger partial charge >= 0.3 is 5.97 Å². The summed E-state index contributed by atoms with van der Waals surface area (Å²) in [7, 11) is 0. The minimum atomic E-state index is -0.779. The normalized spacial score (nSPS) is 18.6. The van der Waals surface area contributed by atoms with E-state index in [9.17, 15) is 14.7 Å². The highest BCUT2D eigenvalue weighted by Gasteiger charge is 2.28. The highest BCUT2D eigenvalue weighted by molar-refractivity contribution is 5.79. The quantitative estimate of drug-likeness (QED) is 0.292. The van der Waals surface area contributed by atoms with Gasteiger partial charge in [-0.1, -0.05) is 74.4 Å². The zero-order valence-electron chi connectivity index (χ0n) is 19.4. The topological polar surface area (TPSA) is 77.8 Å². The number of hydrogen-bond acceptors (Lipinski definition) is 3. The number of amides is 1. The van der Waals surface area contributed by atoms with Crippen LogP contribution in [-0.2, 0) is 16.0 Å². The molecule has 176 valence electrons. The maximum absolute atomic E-state index is 12.2. The van der Waals surface area contributed by atoms with E-state index in [1.807, 2.05) is 35.3 Å². The number of aliphatic carboxylic acids is 1. The molecule has 0 aliphatic carbocycles. The van der Waals surface area contributed by atoms with Crippen LogP contribution in [0.5, 0.6) is 0 Å². The Bertz CT molecular complexity index is 743. The molecule has 0 aromatic heterocycles. The number of aliphatic hydroxyl groups excluding tert-OH is 1. The van der Waals surface area contributed by atoms with Gasteiger partial charge in [-0.3, -0.25) is 9.59 Å². The number of rotatable bonds is 15. The molecule has 32 heavy (non-hydrogen) atoms. The smallest absolute Gasteiger partial charge is 0.303 e. The lowest BCUT2D eigenvalue weighted by atomic mass is 9.95. The van der Waals surface area contributed by atoms with E-state index in [0.717, 1.165) is 25.7 Å². The Labute approximate surface area is 192 Å². The SMILES string of the molecule is C[C@@H](CCCCCc1ccccc1)[C@H](O)C=C[C@H]1CCC(=O)N1CC=CCCCC(=O)O. The van der Waals surface area contributed by atoms with Crippen LogP contribution in [0.3, 0.4) is 0 Å². The number of allylic oxidation sites excluding steroid dienone is 1. The molecule has 1 heterocycles. The first-order valence-electron chi connectivity index (χ1n) is 12.0. The number of carbonyl (C=O) groups is 2. The predicted octanol–water partition coefficient (Wildman–Crippen LogP) is 5.14. The number of nitrogens with zero attached hydrogens (tertiary/aromatic N) is 1. The molecule has 1 fully saturated rings. The fourth-order valence-electron chi connectivity index (χ4n) is 4.09. The fourth-order valence-corrected chi connectivity index (χ4v) is 4.09. The van der Waals surface area contributed by atoms with Crippen LogP contribution in [0.25, 0.3) is 0 Å². The van der Waals surface area contributed by atoms with Gasteiger partial charge in [0.2, 0.25) is 5.91 Å². The second-order valence-corrected chi connectivity index (χ2v) is 8.85. The first-order valence-corrected chi connectivity index (χ1v) is 12.0. The highest BCUT2D eigenvalue weighted by Crippen LogP contribution is 2.21. The second kappa shape index (κ2) is 14.6. The molecule has 0 spiro atoms. The van der Waals surface area contributed by atoms with Crippen LogP contribution in [0, 0.1) is 5.92 Å². The molecule has 1 aromatic rings. The molecule has 5 heteroatoms. The van der Waals surface area contributed by atoms with Gasteiger partial charge in [0.25, 0.3) is 0 Å². The van der Waals surface area contributed by atoms with Gasteiger partial charge in [-0.05, 0) is 50.0 Å². The lowest BCUT2D eigenvalue weighted by Crippen LogP contribution is -2.32. The number of likely N-dealkylation sites (tertiary alicyclic amines) is 1. The average Bonchev–Trinajstić information content (AvgIpc) is 3.13. The molecular weight excluding hydrogens is 402 g/mol. The van der Waals surface area contributed by atoms with Gasteiger partial charge in [0.05, 0.1) is 12.1 Å². The van der Waals surface area contributed by atoms with Crippen LogP contribution in [0.15, 0.2) is 54.6 Å². The molecule has 1 saturated heterocycles. The number of carboxylic acids is 1. The van der Waals surface area contributed by atoms with Gasteiger partial charge in [-0.15, -0.1) is 0 Å². The monoisotopic (exact) mass is 441 g/mol. The van der Waals surface area contributed by atoms with Crippen LogP contribution < -0.4 is 0 Å². The molecular formula is C27H39NO4. The van der Waals surface area contributed by atoms with Crippen LogP contribution in [0.4, 0.5) is 0 Å². The van der Waals surface area contributed by atoms with Crippen molar-refractivity contribution in [3.05, 3.63) is 60.2 Å². The molecule has 2 rings (SSSR count). The predicted molar refractivity (Wildman–Crippen MR) is 128 cm³/mol. The first-order chi connectivity index (χ1) is 15.5. The molecule has 0 saturated carbocycles. The fraction of sp³-hybridized carbons (Fsp3) is 0.556. The largest absolute Gasteiger partial charge is 0.481 e. The second-order valence-electron chi connectivity index (χ2n) is 8.85. The highest BCUT2D eigenvalue weighted by atomic mass is 16.4. The third kappa shape index (κ3) is 9.82. The number of unbranched alkanes of at least 4 members (excludes halogenated alkanes) is 3. The zero-order valence-corrected chi connectivity index (χ0v) is 19.4. The molecule has 0 bridgehead atoms. The van der Waals surface area contributed by atoms with Crippen molar-refractivity contribution in [1.29, 1.82) is 0 Å². The minimum absolute atomic E-state index is 0.0268. The van der Waals surface area contributed by atoms with E-state index in [4.69, 9.17) is 5.11 Å². The summed E-state index contributed by atoms with van der Waals surface area (Å²) in [5, 5.41) is 19.2. The molecule has 1 aliphatic heterocycles. The Morgan fingerprint density at radius 3 is 2.69 bits per heavy atom. The van der Waals surface area contributed by atoms with Crippen molar-refractivity contribution in [2.45, 2.75) is 83.3 Å². The Morgan fingerprint density at radius 2 is 1.94 bits per heavy atom. The Balaban J connectivity index is 1.67. The van der Waals surface area contributed by atoms with E-state index in [2.05, 4.69) is 31.2 Å². The Kier molecular flexibility index (Phi) is 11.8. The van der Waals surface area contributed by atoms with E-state index >= 15 is 0 Å². The third-order valence-electron chi connectivity index (χ3n) is 6.19. The van der Waals surface area contributed by atoms with Crippen molar-refractivity contribution in [1.82, 2.24) is 4.90 Å². The zero-order chi connectivity index (χ0) is 23.2. The van der Waals surface area contributed by atoms with Crippen molar-refractivity contribution in [3.63, 3.8) is 0 Å². The van der Waals surface area contributed by atoms with Gasteiger partial charge in [0, 0.05) is 19.4 Å². The van der Waals surface area contributed by atoms with E-state index in [-0.39, 0.29) is 24.3 Å². The summed E-state index contributed by atoms with van der Waals surface area (Å²) < 4.78 is 0. The first kappa shape index (κ1) is 25.9. The molecule has 0 radical (unpaired) electrons. The summed E-state index contributed by atoms with van der Waals surface area (Å²) in [4.78, 5) is 24.6. The van der Waals surface area contributed by atoms with Crippen LogP contribution in [0.1, 0.15) is 70.3 Å². The van der Waals surface area contributed by atoms with Crippen LogP contribution >= 0.6 is 0 Å². The number of benzene rings is 1. The van der Waals surface area contributed by atoms with Crippen molar-refractivity contribution >= 4 is 11.9 Å². The molecule has 5 nitrogen and oxygen atoms in total. The maximum atomic E-state index is 12.2. The van der Waals surface area contributed by atoms with Crippen LogP contribution in [-0.4, -0.2) is 45.7 Å². The number of carboxylic acid groups (broad SMARTS) is 1.